The third-order valence-corrected chi connectivity index (χ3v) is 5.16. The lowest BCUT2D eigenvalue weighted by Gasteiger charge is -2.21. The zero-order valence-electron chi connectivity index (χ0n) is 11.8. The van der Waals surface area contributed by atoms with E-state index in [4.69, 9.17) is 0 Å². The molecule has 2 atom stereocenters. The van der Waals surface area contributed by atoms with E-state index in [2.05, 4.69) is 38.9 Å². The number of alkyl halides is 4. The summed E-state index contributed by atoms with van der Waals surface area (Å²) in [5.74, 6) is 0.461. The van der Waals surface area contributed by atoms with Gasteiger partial charge < -0.3 is 4.74 Å². The van der Waals surface area contributed by atoms with Crippen molar-refractivity contribution in [2.24, 2.45) is 5.92 Å². The van der Waals surface area contributed by atoms with Crippen molar-refractivity contribution in [1.29, 1.82) is 0 Å². The molecule has 1 aliphatic rings. The highest BCUT2D eigenvalue weighted by atomic mass is 79.9. The molecule has 1 aliphatic carbocycles. The van der Waals surface area contributed by atoms with E-state index in [1.807, 2.05) is 6.07 Å². The number of hydrogen-bond donors (Lipinski definition) is 0. The molecule has 0 spiro atoms. The number of halogens is 4. The van der Waals surface area contributed by atoms with Gasteiger partial charge in [-0.2, -0.15) is 13.2 Å². The largest absolute Gasteiger partial charge is 0.411 e. The Kier molecular flexibility index (Phi) is 6.11. The van der Waals surface area contributed by atoms with E-state index in [9.17, 15) is 13.2 Å². The van der Waals surface area contributed by atoms with Gasteiger partial charge in [-0.3, -0.25) is 0 Å². The second-order valence-corrected chi connectivity index (χ2v) is 6.55. The molecule has 2 unspecified atom stereocenters. The predicted molar refractivity (Wildman–Crippen MR) is 80.6 cm³/mol. The molecule has 0 bridgehead atoms. The Balaban J connectivity index is 1.81. The molecular weight excluding hydrogens is 345 g/mol. The average Bonchev–Trinajstić information content (AvgIpc) is 2.58. The van der Waals surface area contributed by atoms with E-state index in [0.29, 0.717) is 17.2 Å². The number of fused-ring (bicyclic) bond motifs is 1. The van der Waals surface area contributed by atoms with Gasteiger partial charge in [0.2, 0.25) is 0 Å². The number of rotatable bonds is 5. The summed E-state index contributed by atoms with van der Waals surface area (Å²) in [4.78, 5) is 0.291. The molecule has 0 saturated heterocycles. The van der Waals surface area contributed by atoms with Crippen LogP contribution in [0.3, 0.4) is 0 Å². The van der Waals surface area contributed by atoms with Crippen molar-refractivity contribution in [2.75, 3.05) is 13.2 Å². The molecule has 1 aromatic carbocycles. The minimum absolute atomic E-state index is 0.178. The first-order chi connectivity index (χ1) is 9.97. The number of hydrogen-bond acceptors (Lipinski definition) is 1. The van der Waals surface area contributed by atoms with Gasteiger partial charge in [-0.1, -0.05) is 40.2 Å². The van der Waals surface area contributed by atoms with Gasteiger partial charge in [0.15, 0.2) is 0 Å². The van der Waals surface area contributed by atoms with E-state index in [0.717, 1.165) is 25.7 Å². The smallest absolute Gasteiger partial charge is 0.372 e. The first-order valence-electron chi connectivity index (χ1n) is 7.34. The predicted octanol–water partition coefficient (Wildman–Crippen LogP) is 5.43. The quantitative estimate of drug-likeness (QED) is 0.384. The SMILES string of the molecule is FC(F)(F)COCCCC1CCCc2ccccc2C1Br. The molecule has 0 aromatic heterocycles. The lowest BCUT2D eigenvalue weighted by molar-refractivity contribution is -0.174. The maximum absolute atomic E-state index is 12.0. The van der Waals surface area contributed by atoms with Crippen LogP contribution in [0.4, 0.5) is 13.2 Å². The summed E-state index contributed by atoms with van der Waals surface area (Å²) in [5.41, 5.74) is 2.71. The molecule has 0 amide bonds. The minimum Gasteiger partial charge on any atom is -0.372 e. The first-order valence-corrected chi connectivity index (χ1v) is 8.25. The van der Waals surface area contributed by atoms with Crippen molar-refractivity contribution >= 4 is 15.9 Å². The second-order valence-electron chi connectivity index (χ2n) is 5.56. The molecule has 0 heterocycles. The normalized spacial score (nSPS) is 22.7. The molecule has 2 rings (SSSR count). The summed E-state index contributed by atoms with van der Waals surface area (Å²) in [6.07, 6.45) is 0.655. The van der Waals surface area contributed by atoms with Gasteiger partial charge in [0.05, 0.1) is 0 Å². The summed E-state index contributed by atoms with van der Waals surface area (Å²) in [6, 6.07) is 8.41. The second kappa shape index (κ2) is 7.63. The highest BCUT2D eigenvalue weighted by Crippen LogP contribution is 2.41. The number of benzene rings is 1. The van der Waals surface area contributed by atoms with Crippen molar-refractivity contribution in [3.05, 3.63) is 35.4 Å². The molecular formula is C16H20BrF3O. The molecule has 5 heteroatoms. The van der Waals surface area contributed by atoms with Crippen LogP contribution < -0.4 is 0 Å². The van der Waals surface area contributed by atoms with Crippen LogP contribution >= 0.6 is 15.9 Å². The lowest BCUT2D eigenvalue weighted by Crippen LogP contribution is -2.17. The minimum atomic E-state index is -4.22. The molecule has 0 fully saturated rings. The van der Waals surface area contributed by atoms with E-state index < -0.39 is 12.8 Å². The Morgan fingerprint density at radius 3 is 2.76 bits per heavy atom. The zero-order chi connectivity index (χ0) is 15.3. The van der Waals surface area contributed by atoms with Crippen LogP contribution in [0.1, 0.15) is 41.6 Å². The maximum Gasteiger partial charge on any atom is 0.411 e. The van der Waals surface area contributed by atoms with Gasteiger partial charge in [0.1, 0.15) is 6.61 Å². The molecule has 0 saturated carbocycles. The topological polar surface area (TPSA) is 9.23 Å². The van der Waals surface area contributed by atoms with E-state index in [1.54, 1.807) is 0 Å². The Bertz CT molecular complexity index is 447. The van der Waals surface area contributed by atoms with Crippen LogP contribution in [-0.2, 0) is 11.2 Å². The Labute approximate surface area is 132 Å². The maximum atomic E-state index is 12.0. The van der Waals surface area contributed by atoms with Gasteiger partial charge >= 0.3 is 6.18 Å². The zero-order valence-corrected chi connectivity index (χ0v) is 13.4. The third-order valence-electron chi connectivity index (χ3n) is 3.92. The molecule has 1 nitrogen and oxygen atoms in total. The summed E-state index contributed by atoms with van der Waals surface area (Å²) in [7, 11) is 0. The Hall–Kier alpha value is -0.550. The van der Waals surface area contributed by atoms with Crippen molar-refractivity contribution < 1.29 is 17.9 Å². The Morgan fingerprint density at radius 1 is 1.24 bits per heavy atom. The van der Waals surface area contributed by atoms with Crippen LogP contribution in [0.5, 0.6) is 0 Å². The fraction of sp³-hybridized carbons (Fsp3) is 0.625. The molecule has 118 valence electrons. The fourth-order valence-corrected chi connectivity index (χ4v) is 3.89. The molecule has 1 aromatic rings. The van der Waals surface area contributed by atoms with Crippen LogP contribution in [0.15, 0.2) is 24.3 Å². The standard InChI is InChI=1S/C16H20BrF3O/c17-15-13(8-4-10-21-11-16(18,19)20)7-3-6-12-5-1-2-9-14(12)15/h1-2,5,9,13,15H,3-4,6-8,10-11H2. The first kappa shape index (κ1) is 16.8. The van der Waals surface area contributed by atoms with Gasteiger partial charge in [0.25, 0.3) is 0 Å². The van der Waals surface area contributed by atoms with Gasteiger partial charge in [-0.25, -0.2) is 0 Å². The van der Waals surface area contributed by atoms with Crippen LogP contribution in [0.2, 0.25) is 0 Å². The van der Waals surface area contributed by atoms with Gasteiger partial charge in [0, 0.05) is 11.4 Å². The van der Waals surface area contributed by atoms with Crippen molar-refractivity contribution in [1.82, 2.24) is 0 Å². The summed E-state index contributed by atoms with van der Waals surface area (Å²) >= 11 is 3.78. The molecule has 0 radical (unpaired) electrons. The van der Waals surface area contributed by atoms with Crippen molar-refractivity contribution in [3.8, 4) is 0 Å². The Morgan fingerprint density at radius 2 is 2.00 bits per heavy atom. The summed E-state index contributed by atoms with van der Waals surface area (Å²) < 4.78 is 40.6. The van der Waals surface area contributed by atoms with E-state index >= 15 is 0 Å². The van der Waals surface area contributed by atoms with E-state index in [-0.39, 0.29) is 6.61 Å². The summed E-state index contributed by atoms with van der Waals surface area (Å²) in [5, 5.41) is 0. The molecule has 0 aliphatic heterocycles. The lowest BCUT2D eigenvalue weighted by atomic mass is 9.92. The van der Waals surface area contributed by atoms with Crippen LogP contribution in [0.25, 0.3) is 0 Å². The summed E-state index contributed by atoms with van der Waals surface area (Å²) in [6.45, 7) is -0.963. The molecule has 0 N–H and O–H groups in total. The van der Waals surface area contributed by atoms with Crippen molar-refractivity contribution in [3.63, 3.8) is 0 Å². The van der Waals surface area contributed by atoms with Crippen LogP contribution in [0, 0.1) is 5.92 Å². The highest BCUT2D eigenvalue weighted by Gasteiger charge is 2.28. The number of aryl methyl sites for hydroxylation is 1. The highest BCUT2D eigenvalue weighted by molar-refractivity contribution is 9.09. The van der Waals surface area contributed by atoms with Gasteiger partial charge in [-0.15, -0.1) is 0 Å². The monoisotopic (exact) mass is 364 g/mol. The fourth-order valence-electron chi connectivity index (χ4n) is 2.91. The average molecular weight is 365 g/mol. The van der Waals surface area contributed by atoms with Gasteiger partial charge in [-0.05, 0) is 49.1 Å². The van der Waals surface area contributed by atoms with Crippen LogP contribution in [-0.4, -0.2) is 19.4 Å². The number of ether oxygens (including phenoxy) is 1. The van der Waals surface area contributed by atoms with E-state index in [1.165, 1.54) is 11.1 Å². The third kappa shape index (κ3) is 5.29. The molecule has 21 heavy (non-hydrogen) atoms. The van der Waals surface area contributed by atoms with Crippen molar-refractivity contribution in [2.45, 2.75) is 43.1 Å².